The van der Waals surface area contributed by atoms with E-state index in [2.05, 4.69) is 20.7 Å². The predicted octanol–water partition coefficient (Wildman–Crippen LogP) is 4.03. The Labute approximate surface area is 114 Å². The molecule has 0 fully saturated rings. The van der Waals surface area contributed by atoms with E-state index in [1.807, 2.05) is 0 Å². The fourth-order valence-electron chi connectivity index (χ4n) is 0.987. The minimum Gasteiger partial charge on any atom is -0.278 e. The number of anilines is 1. The second-order valence-corrected chi connectivity index (χ2v) is 8.27. The van der Waals surface area contributed by atoms with Gasteiger partial charge in [0.25, 0.3) is 10.0 Å². The van der Waals surface area contributed by atoms with E-state index in [1.54, 1.807) is 16.8 Å². The van der Waals surface area contributed by atoms with Crippen molar-refractivity contribution >= 4 is 65.9 Å². The number of rotatable bonds is 3. The Morgan fingerprint density at radius 3 is 2.69 bits per heavy atom. The smallest absolute Gasteiger partial charge is 0.271 e. The number of nitrogens with one attached hydrogen (secondary N) is 1. The summed E-state index contributed by atoms with van der Waals surface area (Å²) in [6.45, 7) is 0. The minimum atomic E-state index is -3.52. The van der Waals surface area contributed by atoms with Gasteiger partial charge in [0.05, 0.1) is 14.5 Å². The van der Waals surface area contributed by atoms with Crippen LogP contribution in [0.15, 0.2) is 30.9 Å². The molecule has 0 radical (unpaired) electrons. The molecule has 0 bridgehead atoms. The van der Waals surface area contributed by atoms with Gasteiger partial charge in [0.2, 0.25) is 0 Å². The molecule has 0 aliphatic carbocycles. The summed E-state index contributed by atoms with van der Waals surface area (Å²) in [6.07, 6.45) is 0. The second kappa shape index (κ2) is 4.66. The van der Waals surface area contributed by atoms with Crippen LogP contribution >= 0.6 is 50.2 Å². The highest BCUT2D eigenvalue weighted by Gasteiger charge is 2.19. The summed E-state index contributed by atoms with van der Waals surface area (Å²) in [5, 5.41) is 3.92. The lowest BCUT2D eigenvalue weighted by Crippen LogP contribution is -2.10. The zero-order valence-corrected chi connectivity index (χ0v) is 12.4. The number of thiophene rings is 2. The molecule has 86 valence electrons. The Morgan fingerprint density at radius 1 is 1.44 bits per heavy atom. The molecular formula is C8H5BrClNO2S3. The molecule has 0 saturated heterocycles. The maximum atomic E-state index is 11.9. The molecule has 8 heteroatoms. The van der Waals surface area contributed by atoms with E-state index >= 15 is 0 Å². The van der Waals surface area contributed by atoms with Crippen LogP contribution in [-0.4, -0.2) is 8.42 Å². The molecule has 0 aliphatic rings. The van der Waals surface area contributed by atoms with Crippen LogP contribution < -0.4 is 4.72 Å². The van der Waals surface area contributed by atoms with Gasteiger partial charge in [0.15, 0.2) is 0 Å². The summed E-state index contributed by atoms with van der Waals surface area (Å²) in [5.74, 6) is 0. The summed E-state index contributed by atoms with van der Waals surface area (Å²) in [4.78, 5) is 0. The van der Waals surface area contributed by atoms with Crippen molar-refractivity contribution in [3.05, 3.63) is 31.7 Å². The van der Waals surface area contributed by atoms with Crippen LogP contribution in [0.1, 0.15) is 0 Å². The van der Waals surface area contributed by atoms with Gasteiger partial charge in [-0.05, 0) is 33.4 Å². The number of hydrogen-bond donors (Lipinski definition) is 1. The molecule has 16 heavy (non-hydrogen) atoms. The van der Waals surface area contributed by atoms with Gasteiger partial charge in [-0.15, -0.1) is 11.3 Å². The standard InChI is InChI=1S/C8H5BrClNO2S3/c9-8-6(10)3-7(15-8)16(12,13)11-5-1-2-14-4-5/h1-4,11H. The Kier molecular flexibility index (Phi) is 3.60. The van der Waals surface area contributed by atoms with Gasteiger partial charge >= 0.3 is 0 Å². The molecule has 2 aromatic rings. The molecule has 0 saturated carbocycles. The minimum absolute atomic E-state index is 0.190. The molecular weight excluding hydrogens is 354 g/mol. The van der Waals surface area contributed by atoms with Crippen LogP contribution in [0.3, 0.4) is 0 Å². The Balaban J connectivity index is 2.32. The molecule has 2 rings (SSSR count). The second-order valence-electron chi connectivity index (χ2n) is 2.80. The van der Waals surface area contributed by atoms with E-state index in [0.29, 0.717) is 14.5 Å². The van der Waals surface area contributed by atoms with Crippen molar-refractivity contribution < 1.29 is 8.42 Å². The Morgan fingerprint density at radius 2 is 2.19 bits per heavy atom. The van der Waals surface area contributed by atoms with Crippen LogP contribution in [0.5, 0.6) is 0 Å². The predicted molar refractivity (Wildman–Crippen MR) is 72.2 cm³/mol. The highest BCUT2D eigenvalue weighted by Crippen LogP contribution is 2.35. The van der Waals surface area contributed by atoms with Gasteiger partial charge < -0.3 is 0 Å². The third-order valence-corrected chi connectivity index (χ3v) is 6.67. The third-order valence-electron chi connectivity index (χ3n) is 1.66. The number of hydrogen-bond acceptors (Lipinski definition) is 4. The molecule has 1 N–H and O–H groups in total. The molecule has 0 aromatic carbocycles. The molecule has 3 nitrogen and oxygen atoms in total. The van der Waals surface area contributed by atoms with Crippen molar-refractivity contribution in [2.24, 2.45) is 0 Å². The first-order valence-electron chi connectivity index (χ1n) is 3.99. The van der Waals surface area contributed by atoms with Crippen LogP contribution in [0.2, 0.25) is 5.02 Å². The van der Waals surface area contributed by atoms with E-state index < -0.39 is 10.0 Å². The normalized spacial score (nSPS) is 11.6. The van der Waals surface area contributed by atoms with Crippen molar-refractivity contribution in [3.63, 3.8) is 0 Å². The van der Waals surface area contributed by atoms with Crippen LogP contribution in [0, 0.1) is 0 Å². The molecule has 0 spiro atoms. The Bertz CT molecular complexity index is 571. The summed E-state index contributed by atoms with van der Waals surface area (Å²) < 4.78 is 27.0. The highest BCUT2D eigenvalue weighted by molar-refractivity contribution is 9.11. The van der Waals surface area contributed by atoms with Gasteiger partial charge in [-0.1, -0.05) is 11.6 Å². The van der Waals surface area contributed by atoms with Crippen molar-refractivity contribution in [3.8, 4) is 0 Å². The SMILES string of the molecule is O=S(=O)(Nc1ccsc1)c1cc(Cl)c(Br)s1. The van der Waals surface area contributed by atoms with Crippen molar-refractivity contribution in [2.45, 2.75) is 4.21 Å². The zero-order valence-electron chi connectivity index (χ0n) is 7.61. The lowest BCUT2D eigenvalue weighted by atomic mass is 10.6. The fourth-order valence-corrected chi connectivity index (χ4v) is 5.10. The van der Waals surface area contributed by atoms with E-state index in [-0.39, 0.29) is 4.21 Å². The molecule has 2 heterocycles. The number of halogens is 2. The maximum Gasteiger partial charge on any atom is 0.271 e. The van der Waals surface area contributed by atoms with Crippen molar-refractivity contribution in [1.29, 1.82) is 0 Å². The average Bonchev–Trinajstić information content (AvgIpc) is 2.78. The maximum absolute atomic E-state index is 11.9. The van der Waals surface area contributed by atoms with E-state index in [1.165, 1.54) is 17.4 Å². The first kappa shape index (κ1) is 12.4. The van der Waals surface area contributed by atoms with Gasteiger partial charge in [-0.25, -0.2) is 8.42 Å². The van der Waals surface area contributed by atoms with E-state index in [0.717, 1.165) is 11.3 Å². The molecule has 0 unspecified atom stereocenters. The summed E-state index contributed by atoms with van der Waals surface area (Å²) in [7, 11) is -3.52. The fraction of sp³-hybridized carbons (Fsp3) is 0. The van der Waals surface area contributed by atoms with Crippen LogP contribution in [-0.2, 0) is 10.0 Å². The molecule has 0 aliphatic heterocycles. The number of sulfonamides is 1. The Hall–Kier alpha value is -0.0800. The average molecular weight is 359 g/mol. The summed E-state index contributed by atoms with van der Waals surface area (Å²) in [6, 6.07) is 3.12. The first-order valence-corrected chi connectivity index (χ1v) is 8.40. The van der Waals surface area contributed by atoms with Crippen LogP contribution in [0.25, 0.3) is 0 Å². The van der Waals surface area contributed by atoms with Crippen LogP contribution in [0.4, 0.5) is 5.69 Å². The monoisotopic (exact) mass is 357 g/mol. The van der Waals surface area contributed by atoms with Gasteiger partial charge in [0, 0.05) is 5.38 Å². The third kappa shape index (κ3) is 2.60. The zero-order chi connectivity index (χ0) is 11.8. The largest absolute Gasteiger partial charge is 0.278 e. The first-order chi connectivity index (χ1) is 7.49. The molecule has 0 atom stereocenters. The van der Waals surface area contributed by atoms with Gasteiger partial charge in [-0.3, -0.25) is 4.72 Å². The lowest BCUT2D eigenvalue weighted by Gasteiger charge is -2.02. The van der Waals surface area contributed by atoms with E-state index in [9.17, 15) is 8.42 Å². The summed E-state index contributed by atoms with van der Waals surface area (Å²) >= 11 is 11.5. The van der Waals surface area contributed by atoms with E-state index in [4.69, 9.17) is 11.6 Å². The van der Waals surface area contributed by atoms with Crippen molar-refractivity contribution in [1.82, 2.24) is 0 Å². The van der Waals surface area contributed by atoms with Gasteiger partial charge in [0.1, 0.15) is 4.21 Å². The lowest BCUT2D eigenvalue weighted by molar-refractivity contribution is 0.603. The van der Waals surface area contributed by atoms with Crippen molar-refractivity contribution in [2.75, 3.05) is 4.72 Å². The summed E-state index contributed by atoms with van der Waals surface area (Å²) in [5.41, 5.74) is 0.561. The van der Waals surface area contributed by atoms with Gasteiger partial charge in [-0.2, -0.15) is 11.3 Å². The molecule has 2 aromatic heterocycles. The topological polar surface area (TPSA) is 46.2 Å². The highest BCUT2D eigenvalue weighted by atomic mass is 79.9. The quantitative estimate of drug-likeness (QED) is 0.900. The molecule has 0 amide bonds.